The highest BCUT2D eigenvalue weighted by Crippen LogP contribution is 2.45. The lowest BCUT2D eigenvalue weighted by Crippen LogP contribution is -2.29. The Bertz CT molecular complexity index is 953. The summed E-state index contributed by atoms with van der Waals surface area (Å²) in [6.07, 6.45) is -4.16. The Labute approximate surface area is 138 Å². The molecule has 1 heterocycles. The van der Waals surface area contributed by atoms with Crippen LogP contribution in [0.2, 0.25) is 0 Å². The number of aliphatic hydroxyl groups is 2. The molecule has 2 aromatic rings. The summed E-state index contributed by atoms with van der Waals surface area (Å²) in [5.41, 5.74) is -1.15. The second-order valence-electron chi connectivity index (χ2n) is 5.50. The van der Waals surface area contributed by atoms with Gasteiger partial charge in [-0.25, -0.2) is 30.4 Å². The third kappa shape index (κ3) is 2.60. The van der Waals surface area contributed by atoms with Gasteiger partial charge in [0.05, 0.1) is 11.0 Å². The molecule has 2 N–H and O–H groups in total. The number of fused-ring (bicyclic) bond motifs is 1. The van der Waals surface area contributed by atoms with Gasteiger partial charge >= 0.3 is 0 Å². The van der Waals surface area contributed by atoms with E-state index in [2.05, 4.69) is 0 Å². The van der Waals surface area contributed by atoms with Crippen LogP contribution in [-0.4, -0.2) is 23.9 Å². The minimum atomic E-state index is -4.56. The summed E-state index contributed by atoms with van der Waals surface area (Å²) in [7, 11) is -4.56. The van der Waals surface area contributed by atoms with E-state index < -0.39 is 72.4 Å². The minimum absolute atomic E-state index is 0.349. The van der Waals surface area contributed by atoms with Crippen LogP contribution in [0.4, 0.5) is 22.0 Å². The van der Waals surface area contributed by atoms with Crippen LogP contribution in [0.3, 0.4) is 0 Å². The van der Waals surface area contributed by atoms with Gasteiger partial charge in [0.2, 0.25) is 0 Å². The maximum atomic E-state index is 13.3. The van der Waals surface area contributed by atoms with Crippen LogP contribution in [0.5, 0.6) is 0 Å². The van der Waals surface area contributed by atoms with Crippen molar-refractivity contribution >= 4 is 9.84 Å². The van der Waals surface area contributed by atoms with Gasteiger partial charge < -0.3 is 10.2 Å². The van der Waals surface area contributed by atoms with Crippen molar-refractivity contribution in [1.82, 2.24) is 0 Å². The average Bonchev–Trinajstić information content (AvgIpc) is 2.71. The van der Waals surface area contributed by atoms with Crippen molar-refractivity contribution in [2.75, 3.05) is 0 Å². The second-order valence-corrected chi connectivity index (χ2v) is 7.58. The molecule has 0 aliphatic carbocycles. The molecule has 3 rings (SSSR count). The fourth-order valence-electron chi connectivity index (χ4n) is 2.79. The zero-order chi connectivity index (χ0) is 18.7. The van der Waals surface area contributed by atoms with E-state index in [9.17, 15) is 40.6 Å². The molecule has 4 nitrogen and oxygen atoms in total. The monoisotopic (exact) mass is 380 g/mol. The molecule has 0 amide bonds. The highest BCUT2D eigenvalue weighted by molar-refractivity contribution is 7.92. The lowest BCUT2D eigenvalue weighted by Gasteiger charge is -2.21. The molecular weight excluding hydrogens is 371 g/mol. The maximum absolute atomic E-state index is 13.3. The van der Waals surface area contributed by atoms with Crippen LogP contribution in [-0.2, 0) is 9.84 Å². The number of rotatable bonds is 2. The number of aliphatic hydroxyl groups excluding tert-OH is 2. The predicted octanol–water partition coefficient (Wildman–Crippen LogP) is 2.31. The van der Waals surface area contributed by atoms with Crippen molar-refractivity contribution in [1.29, 1.82) is 0 Å². The Morgan fingerprint density at radius 2 is 1.40 bits per heavy atom. The molecule has 2 aromatic carbocycles. The Morgan fingerprint density at radius 3 is 1.96 bits per heavy atom. The molecule has 0 saturated heterocycles. The summed E-state index contributed by atoms with van der Waals surface area (Å²) in [5, 5.41) is 18.2. The zero-order valence-electron chi connectivity index (χ0n) is 12.1. The third-order valence-corrected chi connectivity index (χ3v) is 6.21. The summed E-state index contributed by atoms with van der Waals surface area (Å²) in [4.78, 5) is -0.744. The Morgan fingerprint density at radius 1 is 0.880 bits per heavy atom. The first-order chi connectivity index (χ1) is 11.6. The first kappa shape index (κ1) is 17.8. The van der Waals surface area contributed by atoms with Crippen molar-refractivity contribution < 1.29 is 40.6 Å². The normalized spacial score (nSPS) is 22.7. The highest BCUT2D eigenvalue weighted by atomic mass is 32.2. The Balaban J connectivity index is 2.12. The second kappa shape index (κ2) is 5.75. The average molecular weight is 380 g/mol. The van der Waals surface area contributed by atoms with E-state index in [1.165, 1.54) is 0 Å². The first-order valence-corrected chi connectivity index (χ1v) is 8.33. The van der Waals surface area contributed by atoms with Crippen LogP contribution in [0, 0.1) is 29.1 Å². The Hall–Kier alpha value is -2.04. The van der Waals surface area contributed by atoms with E-state index in [1.807, 2.05) is 0 Å². The largest absolute Gasteiger partial charge is 0.387 e. The molecule has 134 valence electrons. The fourth-order valence-corrected chi connectivity index (χ4v) is 4.84. The highest BCUT2D eigenvalue weighted by Gasteiger charge is 2.49. The SMILES string of the molecule is O=S1(=O)c2cc(F)c(F)cc2C(O)C1C(O)c1cc(F)c(F)c(F)c1. The van der Waals surface area contributed by atoms with Crippen LogP contribution >= 0.6 is 0 Å². The van der Waals surface area contributed by atoms with E-state index in [0.717, 1.165) is 0 Å². The Kier molecular flexibility index (Phi) is 4.09. The molecule has 0 radical (unpaired) electrons. The van der Waals surface area contributed by atoms with Gasteiger partial charge in [-0.2, -0.15) is 0 Å². The third-order valence-electron chi connectivity index (χ3n) is 4.01. The molecule has 25 heavy (non-hydrogen) atoms. The van der Waals surface area contributed by atoms with E-state index in [4.69, 9.17) is 0 Å². The molecule has 0 aromatic heterocycles. The number of halogens is 5. The molecule has 1 aliphatic rings. The number of hydrogen-bond donors (Lipinski definition) is 2. The molecule has 0 fully saturated rings. The maximum Gasteiger partial charge on any atom is 0.194 e. The van der Waals surface area contributed by atoms with Crippen LogP contribution in [0.25, 0.3) is 0 Å². The smallest absolute Gasteiger partial charge is 0.194 e. The molecule has 10 heteroatoms. The fraction of sp³-hybridized carbons (Fsp3) is 0.200. The van der Waals surface area contributed by atoms with E-state index in [-0.39, 0.29) is 0 Å². The van der Waals surface area contributed by atoms with Crippen LogP contribution in [0.1, 0.15) is 23.3 Å². The predicted molar refractivity (Wildman–Crippen MR) is 73.6 cm³/mol. The summed E-state index contributed by atoms with van der Waals surface area (Å²) < 4.78 is 91.1. The van der Waals surface area contributed by atoms with Crippen LogP contribution in [0.15, 0.2) is 29.2 Å². The van der Waals surface area contributed by atoms with Crippen molar-refractivity contribution in [2.45, 2.75) is 22.4 Å². The van der Waals surface area contributed by atoms with Gasteiger partial charge in [-0.15, -0.1) is 0 Å². The van der Waals surface area contributed by atoms with Crippen molar-refractivity contribution in [3.05, 3.63) is 64.5 Å². The molecule has 0 saturated carbocycles. The standard InChI is InChI=1S/C15H9F5O4S/c16-7-3-6-11(4-8(7)17)25(23,24)15(14(6)22)13(21)5-1-9(18)12(20)10(19)2-5/h1-4,13-15,21-22H. The lowest BCUT2D eigenvalue weighted by atomic mass is 9.98. The van der Waals surface area contributed by atoms with Gasteiger partial charge in [-0.3, -0.25) is 0 Å². The molecule has 1 aliphatic heterocycles. The molecule has 3 atom stereocenters. The zero-order valence-corrected chi connectivity index (χ0v) is 12.9. The topological polar surface area (TPSA) is 74.6 Å². The number of sulfone groups is 1. The summed E-state index contributed by atoms with van der Waals surface area (Å²) in [6, 6.07) is 1.55. The van der Waals surface area contributed by atoms with Crippen LogP contribution < -0.4 is 0 Å². The summed E-state index contributed by atoms with van der Waals surface area (Å²) >= 11 is 0. The quantitative estimate of drug-likeness (QED) is 0.476. The first-order valence-electron chi connectivity index (χ1n) is 6.79. The van der Waals surface area contributed by atoms with E-state index in [0.29, 0.717) is 24.3 Å². The van der Waals surface area contributed by atoms with Gasteiger partial charge in [-0.05, 0) is 29.8 Å². The number of hydrogen-bond acceptors (Lipinski definition) is 4. The molecule has 0 spiro atoms. The van der Waals surface area contributed by atoms with Gasteiger partial charge in [0, 0.05) is 5.56 Å². The van der Waals surface area contributed by atoms with Crippen molar-refractivity contribution in [3.8, 4) is 0 Å². The summed E-state index contributed by atoms with van der Waals surface area (Å²) in [5.74, 6) is -8.06. The summed E-state index contributed by atoms with van der Waals surface area (Å²) in [6.45, 7) is 0. The van der Waals surface area contributed by atoms with Gasteiger partial charge in [-0.1, -0.05) is 0 Å². The van der Waals surface area contributed by atoms with Crippen molar-refractivity contribution in [2.24, 2.45) is 0 Å². The molecule has 3 unspecified atom stereocenters. The van der Waals surface area contributed by atoms with Gasteiger partial charge in [0.15, 0.2) is 38.9 Å². The van der Waals surface area contributed by atoms with E-state index >= 15 is 0 Å². The van der Waals surface area contributed by atoms with Crippen molar-refractivity contribution in [3.63, 3.8) is 0 Å². The molecular formula is C15H9F5O4S. The van der Waals surface area contributed by atoms with Gasteiger partial charge in [0.25, 0.3) is 0 Å². The number of benzene rings is 2. The van der Waals surface area contributed by atoms with E-state index in [1.54, 1.807) is 0 Å². The van der Waals surface area contributed by atoms with Gasteiger partial charge in [0.1, 0.15) is 11.4 Å². The molecule has 0 bridgehead atoms. The lowest BCUT2D eigenvalue weighted by molar-refractivity contribution is 0.0879. The minimum Gasteiger partial charge on any atom is -0.387 e.